The molecule has 3 rings (SSSR count). The van der Waals surface area contributed by atoms with Crippen LogP contribution in [0.15, 0.2) is 34.7 Å². The average molecular weight is 405 g/mol. The van der Waals surface area contributed by atoms with Gasteiger partial charge in [-0.05, 0) is 36.8 Å². The van der Waals surface area contributed by atoms with Crippen molar-refractivity contribution < 1.29 is 18.7 Å². The van der Waals surface area contributed by atoms with Crippen molar-refractivity contribution in [3.05, 3.63) is 56.9 Å². The van der Waals surface area contributed by atoms with Gasteiger partial charge < -0.3 is 14.5 Å². The number of esters is 1. The third kappa shape index (κ3) is 4.04. The van der Waals surface area contributed by atoms with Crippen molar-refractivity contribution in [1.82, 2.24) is 0 Å². The standard InChI is InChI=1S/C19H17ClN2O4S/c1-3-4-12-9-14(19(24)25-2)18(27-12)22-17(23)13-8-10-7-11(20)5-6-15(10)26-16(13)21/h5-9,21H,3-4H2,1-2H3,(H,22,23). The van der Waals surface area contributed by atoms with Gasteiger partial charge in [0.15, 0.2) is 0 Å². The fourth-order valence-electron chi connectivity index (χ4n) is 2.62. The number of aryl methyl sites for hydroxylation is 1. The molecule has 2 N–H and O–H groups in total. The van der Waals surface area contributed by atoms with Gasteiger partial charge in [0.25, 0.3) is 5.91 Å². The molecule has 0 aliphatic rings. The maximum Gasteiger partial charge on any atom is 0.340 e. The average Bonchev–Trinajstić information content (AvgIpc) is 3.03. The molecule has 0 aliphatic heterocycles. The molecule has 27 heavy (non-hydrogen) atoms. The monoisotopic (exact) mass is 404 g/mol. The van der Waals surface area contributed by atoms with Gasteiger partial charge in [-0.25, -0.2) is 4.79 Å². The highest BCUT2D eigenvalue weighted by atomic mass is 35.5. The Kier molecular flexibility index (Phi) is 5.62. The zero-order valence-electron chi connectivity index (χ0n) is 14.7. The van der Waals surface area contributed by atoms with Gasteiger partial charge in [-0.1, -0.05) is 24.9 Å². The normalized spacial score (nSPS) is 10.8. The number of methoxy groups -OCH3 is 1. The first-order valence-electron chi connectivity index (χ1n) is 8.23. The molecule has 0 bridgehead atoms. The van der Waals surface area contributed by atoms with E-state index in [2.05, 4.69) is 5.32 Å². The number of halogens is 1. The second-order valence-corrected chi connectivity index (χ2v) is 7.40. The number of thiophene rings is 1. The van der Waals surface area contributed by atoms with Crippen LogP contribution in [0.4, 0.5) is 5.00 Å². The third-order valence-electron chi connectivity index (χ3n) is 3.88. The summed E-state index contributed by atoms with van der Waals surface area (Å²) in [6.07, 6.45) is 1.70. The van der Waals surface area contributed by atoms with Crippen LogP contribution in [0.1, 0.15) is 38.9 Å². The molecule has 140 valence electrons. The number of anilines is 1. The number of ether oxygens (including phenoxy) is 1. The summed E-state index contributed by atoms with van der Waals surface area (Å²) in [5.74, 6) is -1.06. The lowest BCUT2D eigenvalue weighted by Gasteiger charge is -2.06. The lowest BCUT2D eigenvalue weighted by Crippen LogP contribution is -2.21. The van der Waals surface area contributed by atoms with Crippen molar-refractivity contribution in [2.24, 2.45) is 0 Å². The number of rotatable bonds is 5. The van der Waals surface area contributed by atoms with Crippen LogP contribution in [0.2, 0.25) is 5.02 Å². The highest BCUT2D eigenvalue weighted by Crippen LogP contribution is 2.30. The minimum atomic E-state index is -0.541. The molecular formula is C19H17ClN2O4S. The summed E-state index contributed by atoms with van der Waals surface area (Å²) in [7, 11) is 1.29. The topological polar surface area (TPSA) is 92.4 Å². The number of nitrogens with one attached hydrogen (secondary N) is 2. The first-order chi connectivity index (χ1) is 12.9. The van der Waals surface area contributed by atoms with Gasteiger partial charge in [0, 0.05) is 15.3 Å². The zero-order chi connectivity index (χ0) is 19.6. The smallest absolute Gasteiger partial charge is 0.340 e. The van der Waals surface area contributed by atoms with E-state index in [0.29, 0.717) is 26.6 Å². The maximum absolute atomic E-state index is 12.7. The third-order valence-corrected chi connectivity index (χ3v) is 5.23. The van der Waals surface area contributed by atoms with Crippen molar-refractivity contribution in [2.75, 3.05) is 12.4 Å². The SMILES string of the molecule is CCCc1cc(C(=O)OC)c(NC(=O)c2cc3cc(Cl)ccc3oc2=N)s1. The van der Waals surface area contributed by atoms with Crippen LogP contribution in [0.5, 0.6) is 0 Å². The number of hydrogen-bond acceptors (Lipinski definition) is 6. The molecule has 1 aromatic carbocycles. The largest absolute Gasteiger partial charge is 0.465 e. The van der Waals surface area contributed by atoms with Crippen molar-refractivity contribution in [1.29, 1.82) is 5.41 Å². The van der Waals surface area contributed by atoms with Gasteiger partial charge in [-0.3, -0.25) is 10.2 Å². The summed E-state index contributed by atoms with van der Waals surface area (Å²) in [6.45, 7) is 2.03. The van der Waals surface area contributed by atoms with E-state index in [1.54, 1.807) is 30.3 Å². The molecule has 3 aromatic rings. The molecule has 0 radical (unpaired) electrons. The summed E-state index contributed by atoms with van der Waals surface area (Å²) in [5, 5.41) is 12.2. The van der Waals surface area contributed by atoms with Gasteiger partial charge in [-0.2, -0.15) is 0 Å². The Morgan fingerprint density at radius 1 is 1.26 bits per heavy atom. The van der Waals surface area contributed by atoms with Crippen LogP contribution in [0.25, 0.3) is 11.0 Å². The van der Waals surface area contributed by atoms with Gasteiger partial charge >= 0.3 is 5.97 Å². The molecule has 2 aromatic heterocycles. The Morgan fingerprint density at radius 3 is 2.74 bits per heavy atom. The molecule has 0 aliphatic carbocycles. The zero-order valence-corrected chi connectivity index (χ0v) is 16.3. The predicted molar refractivity (Wildman–Crippen MR) is 105 cm³/mol. The highest BCUT2D eigenvalue weighted by Gasteiger charge is 2.20. The number of hydrogen-bond donors (Lipinski definition) is 2. The molecule has 0 saturated heterocycles. The minimum absolute atomic E-state index is 0.0472. The molecule has 0 atom stereocenters. The summed E-state index contributed by atoms with van der Waals surface area (Å²) >= 11 is 7.30. The van der Waals surface area contributed by atoms with E-state index in [9.17, 15) is 9.59 Å². The van der Waals surface area contributed by atoms with Gasteiger partial charge in [-0.15, -0.1) is 11.3 Å². The Morgan fingerprint density at radius 2 is 2.04 bits per heavy atom. The Labute approximate surface area is 164 Å². The van der Waals surface area contributed by atoms with Crippen LogP contribution in [0.3, 0.4) is 0 Å². The summed E-state index contributed by atoms with van der Waals surface area (Å²) in [5.41, 5.74) is 0.530. The predicted octanol–water partition coefficient (Wildman–Crippen LogP) is 4.62. The van der Waals surface area contributed by atoms with Gasteiger partial charge in [0.1, 0.15) is 16.1 Å². The van der Waals surface area contributed by atoms with Crippen molar-refractivity contribution in [3.8, 4) is 0 Å². The second-order valence-electron chi connectivity index (χ2n) is 5.82. The number of carbonyl (C=O) groups excluding carboxylic acids is 2. The number of benzene rings is 1. The van der Waals surface area contributed by atoms with E-state index in [-0.39, 0.29) is 11.1 Å². The van der Waals surface area contributed by atoms with E-state index in [1.165, 1.54) is 18.4 Å². The van der Waals surface area contributed by atoms with Crippen molar-refractivity contribution in [3.63, 3.8) is 0 Å². The molecule has 0 spiro atoms. The van der Waals surface area contributed by atoms with Crippen molar-refractivity contribution in [2.45, 2.75) is 19.8 Å². The summed E-state index contributed by atoms with van der Waals surface area (Å²) in [6, 6.07) is 8.21. The van der Waals surface area contributed by atoms with Gasteiger partial charge in [0.05, 0.1) is 12.7 Å². The van der Waals surface area contributed by atoms with E-state index in [0.717, 1.165) is 17.7 Å². The van der Waals surface area contributed by atoms with E-state index < -0.39 is 11.9 Å². The molecule has 1 amide bonds. The number of amides is 1. The van der Waals surface area contributed by atoms with E-state index in [1.807, 2.05) is 6.92 Å². The fourth-order valence-corrected chi connectivity index (χ4v) is 3.94. The lowest BCUT2D eigenvalue weighted by molar-refractivity contribution is 0.0602. The Hall–Kier alpha value is -2.64. The van der Waals surface area contributed by atoms with Crippen LogP contribution in [0, 0.1) is 5.41 Å². The van der Waals surface area contributed by atoms with Crippen LogP contribution in [-0.2, 0) is 11.2 Å². The maximum atomic E-state index is 12.7. The van der Waals surface area contributed by atoms with Crippen LogP contribution >= 0.6 is 22.9 Å². The molecule has 6 nitrogen and oxygen atoms in total. The quantitative estimate of drug-likeness (QED) is 0.607. The van der Waals surface area contributed by atoms with Crippen LogP contribution in [-0.4, -0.2) is 19.0 Å². The molecule has 0 saturated carbocycles. The Bertz CT molecular complexity index is 1090. The van der Waals surface area contributed by atoms with Crippen molar-refractivity contribution >= 4 is 50.8 Å². The second kappa shape index (κ2) is 7.94. The first kappa shape index (κ1) is 19.1. The molecule has 0 fully saturated rings. The summed E-state index contributed by atoms with van der Waals surface area (Å²) in [4.78, 5) is 25.7. The molecule has 0 unspecified atom stereocenters. The van der Waals surface area contributed by atoms with E-state index in [4.69, 9.17) is 26.2 Å². The van der Waals surface area contributed by atoms with E-state index >= 15 is 0 Å². The number of carbonyl (C=O) groups is 2. The molecule has 2 heterocycles. The first-order valence-corrected chi connectivity index (χ1v) is 9.42. The summed E-state index contributed by atoms with van der Waals surface area (Å²) < 4.78 is 10.2. The lowest BCUT2D eigenvalue weighted by atomic mass is 10.1. The molecular weight excluding hydrogens is 388 g/mol. The minimum Gasteiger partial charge on any atom is -0.465 e. The molecule has 8 heteroatoms. The highest BCUT2D eigenvalue weighted by molar-refractivity contribution is 7.16. The Balaban J connectivity index is 1.98. The number of fused-ring (bicyclic) bond motifs is 1. The van der Waals surface area contributed by atoms with Gasteiger partial charge in [0.2, 0.25) is 5.55 Å². The fraction of sp³-hybridized carbons (Fsp3) is 0.211. The van der Waals surface area contributed by atoms with Crippen LogP contribution < -0.4 is 10.9 Å².